The van der Waals surface area contributed by atoms with Gasteiger partial charge in [-0.1, -0.05) is 18.2 Å². The van der Waals surface area contributed by atoms with Crippen LogP contribution in [0.15, 0.2) is 36.5 Å². The summed E-state index contributed by atoms with van der Waals surface area (Å²) in [6.45, 7) is 0.884. The van der Waals surface area contributed by atoms with Gasteiger partial charge in [0, 0.05) is 18.2 Å². The van der Waals surface area contributed by atoms with E-state index in [1.165, 1.54) is 23.8 Å². The lowest BCUT2D eigenvalue weighted by atomic mass is 9.95. The molecular weight excluding hydrogens is 236 g/mol. The number of likely N-dealkylation sites (N-methyl/N-ethyl adjacent to an activating group) is 1. The Morgan fingerprint density at radius 2 is 2.26 bits per heavy atom. The second-order valence-electron chi connectivity index (χ2n) is 5.13. The molecule has 1 aromatic carbocycles. The summed E-state index contributed by atoms with van der Waals surface area (Å²) in [5.74, 6) is 0. The monoisotopic (exact) mass is 256 g/mol. The Morgan fingerprint density at radius 3 is 3.05 bits per heavy atom. The van der Waals surface area contributed by atoms with Gasteiger partial charge in [0.1, 0.15) is 0 Å². The number of aromatic nitrogens is 1. The molecule has 3 nitrogen and oxygen atoms in total. The van der Waals surface area contributed by atoms with E-state index in [9.17, 15) is 0 Å². The lowest BCUT2D eigenvalue weighted by Gasteiger charge is -2.30. The molecule has 2 unspecified atom stereocenters. The number of ether oxygens (including phenoxy) is 1. The number of nitrogens with one attached hydrogen (secondary N) is 1. The molecular formula is C16H20N2O. The Kier molecular flexibility index (Phi) is 3.76. The summed E-state index contributed by atoms with van der Waals surface area (Å²) < 4.78 is 5.91. The van der Waals surface area contributed by atoms with Crippen LogP contribution in [0.3, 0.4) is 0 Å². The molecule has 3 rings (SSSR count). The molecule has 0 spiro atoms. The fourth-order valence-corrected chi connectivity index (χ4v) is 2.87. The third-order valence-electron chi connectivity index (χ3n) is 3.89. The number of benzene rings is 1. The molecule has 1 fully saturated rings. The minimum Gasteiger partial charge on any atom is -0.376 e. The number of pyridine rings is 1. The van der Waals surface area contributed by atoms with Crippen molar-refractivity contribution < 1.29 is 4.74 Å². The van der Waals surface area contributed by atoms with Crippen LogP contribution in [0.4, 0.5) is 0 Å². The van der Waals surface area contributed by atoms with Crippen molar-refractivity contribution in [3.63, 3.8) is 0 Å². The summed E-state index contributed by atoms with van der Waals surface area (Å²) in [5.41, 5.74) is 2.32. The minimum atomic E-state index is 0.256. The van der Waals surface area contributed by atoms with Crippen molar-refractivity contribution in [2.75, 3.05) is 13.7 Å². The SMILES string of the molecule is CNC(c1ccc2cccnc2c1)C1CCCCO1. The zero-order valence-electron chi connectivity index (χ0n) is 11.3. The van der Waals surface area contributed by atoms with Crippen molar-refractivity contribution in [3.8, 4) is 0 Å². The Balaban J connectivity index is 1.91. The van der Waals surface area contributed by atoms with Gasteiger partial charge in [-0.05, 0) is 44.0 Å². The van der Waals surface area contributed by atoms with E-state index in [0.717, 1.165) is 18.5 Å². The normalized spacial score (nSPS) is 21.4. The van der Waals surface area contributed by atoms with Crippen LogP contribution in [0.5, 0.6) is 0 Å². The summed E-state index contributed by atoms with van der Waals surface area (Å²) in [6, 6.07) is 10.8. The van der Waals surface area contributed by atoms with E-state index in [1.807, 2.05) is 19.3 Å². The maximum Gasteiger partial charge on any atom is 0.0769 e. The van der Waals surface area contributed by atoms with Gasteiger partial charge in [0.2, 0.25) is 0 Å². The summed E-state index contributed by atoms with van der Waals surface area (Å²) >= 11 is 0. The Bertz CT molecular complexity index is 549. The predicted octanol–water partition coefficient (Wildman–Crippen LogP) is 3.06. The first-order valence-electron chi connectivity index (χ1n) is 7.02. The molecule has 19 heavy (non-hydrogen) atoms. The first-order valence-corrected chi connectivity index (χ1v) is 7.02. The minimum absolute atomic E-state index is 0.256. The van der Waals surface area contributed by atoms with Crippen LogP contribution in [0.25, 0.3) is 10.9 Å². The molecule has 0 bridgehead atoms. The number of fused-ring (bicyclic) bond motifs is 1. The smallest absolute Gasteiger partial charge is 0.0769 e. The van der Waals surface area contributed by atoms with Crippen molar-refractivity contribution in [1.29, 1.82) is 0 Å². The Labute approximate surface area is 114 Å². The lowest BCUT2D eigenvalue weighted by molar-refractivity contribution is -0.00659. The van der Waals surface area contributed by atoms with Gasteiger partial charge in [-0.3, -0.25) is 4.98 Å². The molecule has 1 aliphatic rings. The zero-order valence-corrected chi connectivity index (χ0v) is 11.3. The van der Waals surface area contributed by atoms with Crippen molar-refractivity contribution >= 4 is 10.9 Å². The fraction of sp³-hybridized carbons (Fsp3) is 0.438. The highest BCUT2D eigenvalue weighted by Gasteiger charge is 2.24. The molecule has 3 heteroatoms. The predicted molar refractivity (Wildman–Crippen MR) is 77.1 cm³/mol. The molecule has 1 saturated heterocycles. The van der Waals surface area contributed by atoms with E-state index in [4.69, 9.17) is 4.74 Å². The standard InChI is InChI=1S/C16H20N2O/c1-17-16(15-6-2-3-10-19-15)13-8-7-12-5-4-9-18-14(12)11-13/h4-5,7-9,11,15-17H,2-3,6,10H2,1H3. The van der Waals surface area contributed by atoms with Gasteiger partial charge in [0.25, 0.3) is 0 Å². The Morgan fingerprint density at radius 1 is 1.32 bits per heavy atom. The fourth-order valence-electron chi connectivity index (χ4n) is 2.87. The topological polar surface area (TPSA) is 34.2 Å². The lowest BCUT2D eigenvalue weighted by Crippen LogP contribution is -2.34. The molecule has 2 aromatic rings. The molecule has 1 N–H and O–H groups in total. The molecule has 1 aromatic heterocycles. The number of nitrogens with zero attached hydrogens (tertiary/aromatic N) is 1. The second-order valence-corrected chi connectivity index (χ2v) is 5.13. The van der Waals surface area contributed by atoms with Crippen LogP contribution in [0.2, 0.25) is 0 Å². The van der Waals surface area contributed by atoms with E-state index in [2.05, 4.69) is 34.6 Å². The molecule has 0 saturated carbocycles. The van der Waals surface area contributed by atoms with Crippen molar-refractivity contribution in [3.05, 3.63) is 42.1 Å². The van der Waals surface area contributed by atoms with E-state index >= 15 is 0 Å². The van der Waals surface area contributed by atoms with Gasteiger partial charge in [-0.2, -0.15) is 0 Å². The third kappa shape index (κ3) is 2.62. The molecule has 0 radical (unpaired) electrons. The number of rotatable bonds is 3. The van der Waals surface area contributed by atoms with Gasteiger partial charge in [-0.15, -0.1) is 0 Å². The highest BCUT2D eigenvalue weighted by molar-refractivity contribution is 5.79. The van der Waals surface area contributed by atoms with Crippen molar-refractivity contribution in [1.82, 2.24) is 10.3 Å². The van der Waals surface area contributed by atoms with Crippen LogP contribution in [0, 0.1) is 0 Å². The molecule has 0 aliphatic carbocycles. The maximum atomic E-state index is 5.91. The first-order chi connectivity index (χ1) is 9.38. The summed E-state index contributed by atoms with van der Waals surface area (Å²) in [6.07, 6.45) is 5.70. The molecule has 2 atom stereocenters. The number of hydrogen-bond donors (Lipinski definition) is 1. The van der Waals surface area contributed by atoms with Crippen LogP contribution >= 0.6 is 0 Å². The summed E-state index contributed by atoms with van der Waals surface area (Å²) in [4.78, 5) is 4.44. The molecule has 100 valence electrons. The highest BCUT2D eigenvalue weighted by atomic mass is 16.5. The van der Waals surface area contributed by atoms with E-state index in [0.29, 0.717) is 0 Å². The van der Waals surface area contributed by atoms with Crippen molar-refractivity contribution in [2.45, 2.75) is 31.4 Å². The molecule has 2 heterocycles. The van der Waals surface area contributed by atoms with Gasteiger partial charge in [0.15, 0.2) is 0 Å². The maximum absolute atomic E-state index is 5.91. The molecule has 1 aliphatic heterocycles. The Hall–Kier alpha value is -1.45. The quantitative estimate of drug-likeness (QED) is 0.916. The second kappa shape index (κ2) is 5.68. The summed E-state index contributed by atoms with van der Waals surface area (Å²) in [7, 11) is 2.01. The summed E-state index contributed by atoms with van der Waals surface area (Å²) in [5, 5.41) is 4.59. The van der Waals surface area contributed by atoms with Gasteiger partial charge >= 0.3 is 0 Å². The first kappa shape index (κ1) is 12.6. The van der Waals surface area contributed by atoms with E-state index in [1.54, 1.807) is 0 Å². The van der Waals surface area contributed by atoms with Crippen LogP contribution in [-0.4, -0.2) is 24.7 Å². The average Bonchev–Trinajstić information content (AvgIpc) is 2.49. The van der Waals surface area contributed by atoms with E-state index in [-0.39, 0.29) is 12.1 Å². The largest absolute Gasteiger partial charge is 0.376 e. The van der Waals surface area contributed by atoms with Gasteiger partial charge < -0.3 is 10.1 Å². The van der Waals surface area contributed by atoms with Crippen molar-refractivity contribution in [2.24, 2.45) is 0 Å². The average molecular weight is 256 g/mol. The van der Waals surface area contributed by atoms with Gasteiger partial charge in [0.05, 0.1) is 17.7 Å². The van der Waals surface area contributed by atoms with Gasteiger partial charge in [-0.25, -0.2) is 0 Å². The van der Waals surface area contributed by atoms with Crippen LogP contribution in [0.1, 0.15) is 30.9 Å². The molecule has 0 amide bonds. The van der Waals surface area contributed by atoms with E-state index < -0.39 is 0 Å². The van der Waals surface area contributed by atoms with Crippen LogP contribution < -0.4 is 5.32 Å². The zero-order chi connectivity index (χ0) is 13.1. The van der Waals surface area contributed by atoms with Crippen LogP contribution in [-0.2, 0) is 4.74 Å². The highest BCUT2D eigenvalue weighted by Crippen LogP contribution is 2.27. The number of hydrogen-bond acceptors (Lipinski definition) is 3. The third-order valence-corrected chi connectivity index (χ3v) is 3.89.